The van der Waals surface area contributed by atoms with Gasteiger partial charge in [-0.1, -0.05) is 54.1 Å². The molecule has 0 aromatic heterocycles. The van der Waals surface area contributed by atoms with Crippen molar-refractivity contribution in [3.05, 3.63) is 105 Å². The second kappa shape index (κ2) is 16.8. The molecule has 1 saturated heterocycles. The van der Waals surface area contributed by atoms with Gasteiger partial charge >= 0.3 is 5.97 Å². The number of rotatable bonds is 15. The fraction of sp³-hybridized carbons (Fsp3) is 0.378. The molecular weight excluding hydrogens is 659 g/mol. The molecule has 0 saturated carbocycles. The van der Waals surface area contributed by atoms with Gasteiger partial charge in [0.15, 0.2) is 17.4 Å². The van der Waals surface area contributed by atoms with Gasteiger partial charge in [0.2, 0.25) is 17.6 Å². The molecule has 2 atom stereocenters. The number of aliphatic carboxylic acids is 1. The lowest BCUT2D eigenvalue weighted by molar-refractivity contribution is -0.137. The summed E-state index contributed by atoms with van der Waals surface area (Å²) in [6.07, 6.45) is 3.18. The molecule has 0 aliphatic carbocycles. The van der Waals surface area contributed by atoms with E-state index < -0.39 is 35.2 Å². The highest BCUT2D eigenvalue weighted by Gasteiger charge is 2.39. The van der Waals surface area contributed by atoms with E-state index >= 15 is 0 Å². The normalized spacial score (nSPS) is 17.2. The minimum absolute atomic E-state index is 0.00838. The molecule has 3 N–H and O–H groups in total. The largest absolute Gasteiger partial charge is 0.488 e. The zero-order chi connectivity index (χ0) is 34.9. The van der Waals surface area contributed by atoms with Gasteiger partial charge in [0, 0.05) is 49.1 Å². The highest BCUT2D eigenvalue weighted by Crippen LogP contribution is 2.34. The lowest BCUT2D eigenvalue weighted by Crippen LogP contribution is -2.62. The number of carboxylic acids is 1. The molecule has 8 nitrogen and oxygen atoms in total. The maximum absolute atomic E-state index is 13.9. The molecule has 49 heavy (non-hydrogen) atoms. The van der Waals surface area contributed by atoms with Crippen LogP contribution in [0.2, 0.25) is 5.02 Å². The quantitative estimate of drug-likeness (QED) is 0.131. The number of nitrogens with one attached hydrogen (secondary N) is 2. The molecule has 0 radical (unpaired) electrons. The third-order valence-electron chi connectivity index (χ3n) is 8.81. The number of aryl methyl sites for hydroxylation is 2. The number of nitrogens with zero attached hydrogens (tertiary/aromatic N) is 1. The van der Waals surface area contributed by atoms with Gasteiger partial charge in [0.1, 0.15) is 0 Å². The van der Waals surface area contributed by atoms with Crippen molar-refractivity contribution in [3.8, 4) is 5.75 Å². The zero-order valence-electron chi connectivity index (χ0n) is 27.0. The standard InChI is InChI=1S/C37H39ClF3N3O5/c38-28-9-2-1-7-25(28)8-4-18-42-37(48)34-27(20-26-21-44(22-31(34)43-26)32(45)10-3-11-33(46)47)24-14-12-23(13-15-24)6-5-19-49-36-30(40)17-16-29(39)35(36)41/h1-2,7,9,12-17,26,31,43H,3-6,8,10-11,18-22H2,(H,42,48)(H,46,47)/t26-,31-/m1/s1. The van der Waals surface area contributed by atoms with E-state index in [0.717, 1.165) is 28.3 Å². The van der Waals surface area contributed by atoms with Crippen molar-refractivity contribution in [2.75, 3.05) is 26.2 Å². The summed E-state index contributed by atoms with van der Waals surface area (Å²) in [6.45, 7) is 1.16. The van der Waals surface area contributed by atoms with Crippen LogP contribution in [0.15, 0.2) is 66.2 Å². The summed E-state index contributed by atoms with van der Waals surface area (Å²) in [6, 6.07) is 16.4. The predicted octanol–water partition coefficient (Wildman–Crippen LogP) is 6.10. The van der Waals surface area contributed by atoms with E-state index in [1.54, 1.807) is 4.90 Å². The Morgan fingerprint density at radius 2 is 1.67 bits per heavy atom. The number of amides is 2. The SMILES string of the molecule is O=C(O)CCCC(=O)N1C[C@H]2CC(c3ccc(CCCOc4c(F)ccc(F)c4F)cc3)=C(C(=O)NCCCc3ccccc3Cl)[C@@H](C1)N2. The van der Waals surface area contributed by atoms with E-state index in [0.29, 0.717) is 68.4 Å². The van der Waals surface area contributed by atoms with Crippen molar-refractivity contribution >= 4 is 35.0 Å². The minimum atomic E-state index is -1.35. The first-order valence-corrected chi connectivity index (χ1v) is 16.8. The molecule has 0 unspecified atom stereocenters. The minimum Gasteiger partial charge on any atom is -0.488 e. The lowest BCUT2D eigenvalue weighted by atomic mass is 9.82. The Labute approximate surface area is 288 Å². The fourth-order valence-electron chi connectivity index (χ4n) is 6.38. The number of fused-ring (bicyclic) bond motifs is 2. The smallest absolute Gasteiger partial charge is 0.303 e. The van der Waals surface area contributed by atoms with Gasteiger partial charge < -0.3 is 25.4 Å². The molecule has 2 heterocycles. The Kier molecular flexibility index (Phi) is 12.4. The Bertz CT molecular complexity index is 1700. The number of hydrogen-bond donors (Lipinski definition) is 3. The highest BCUT2D eigenvalue weighted by molar-refractivity contribution is 6.31. The van der Waals surface area contributed by atoms with Crippen LogP contribution in [0.4, 0.5) is 13.2 Å². The number of hydrogen-bond acceptors (Lipinski definition) is 5. The number of piperazine rings is 1. The maximum Gasteiger partial charge on any atom is 0.303 e. The van der Waals surface area contributed by atoms with Crippen LogP contribution in [0.25, 0.3) is 5.57 Å². The van der Waals surface area contributed by atoms with E-state index in [2.05, 4.69) is 10.6 Å². The Morgan fingerprint density at radius 3 is 2.43 bits per heavy atom. The summed E-state index contributed by atoms with van der Waals surface area (Å²) in [5.41, 5.74) is 4.29. The summed E-state index contributed by atoms with van der Waals surface area (Å²) in [5.74, 6) is -5.51. The Balaban J connectivity index is 1.27. The number of halogens is 4. The number of ether oxygens (including phenoxy) is 1. The van der Waals surface area contributed by atoms with Crippen LogP contribution in [0, 0.1) is 17.5 Å². The van der Waals surface area contributed by atoms with Crippen molar-refractivity contribution in [1.82, 2.24) is 15.5 Å². The van der Waals surface area contributed by atoms with Crippen LogP contribution in [0.1, 0.15) is 55.2 Å². The number of carbonyl (C=O) groups is 3. The second-order valence-electron chi connectivity index (χ2n) is 12.3. The summed E-state index contributed by atoms with van der Waals surface area (Å²) in [7, 11) is 0. The van der Waals surface area contributed by atoms with Crippen LogP contribution in [-0.2, 0) is 27.2 Å². The van der Waals surface area contributed by atoms with Crippen molar-refractivity contribution in [1.29, 1.82) is 0 Å². The third kappa shape index (κ3) is 9.42. The summed E-state index contributed by atoms with van der Waals surface area (Å²) in [4.78, 5) is 39.5. The van der Waals surface area contributed by atoms with Gasteiger partial charge in [0.25, 0.3) is 0 Å². The first kappa shape index (κ1) is 35.9. The molecule has 2 aliphatic heterocycles. The van der Waals surface area contributed by atoms with E-state index in [4.69, 9.17) is 21.4 Å². The number of benzene rings is 3. The van der Waals surface area contributed by atoms with Crippen LogP contribution in [-0.4, -0.2) is 66.1 Å². The molecule has 2 aliphatic rings. The topological polar surface area (TPSA) is 108 Å². The molecule has 3 aromatic rings. The zero-order valence-corrected chi connectivity index (χ0v) is 27.7. The summed E-state index contributed by atoms with van der Waals surface area (Å²) in [5, 5.41) is 16.2. The summed E-state index contributed by atoms with van der Waals surface area (Å²) >= 11 is 6.30. The van der Waals surface area contributed by atoms with Gasteiger partial charge in [-0.2, -0.15) is 4.39 Å². The Morgan fingerprint density at radius 1 is 0.918 bits per heavy atom. The van der Waals surface area contributed by atoms with Crippen molar-refractivity contribution in [3.63, 3.8) is 0 Å². The van der Waals surface area contributed by atoms with Crippen LogP contribution >= 0.6 is 11.6 Å². The average molecular weight is 698 g/mol. The van der Waals surface area contributed by atoms with E-state index in [9.17, 15) is 27.6 Å². The maximum atomic E-state index is 13.9. The third-order valence-corrected chi connectivity index (χ3v) is 9.18. The van der Waals surface area contributed by atoms with Gasteiger partial charge in [-0.15, -0.1) is 0 Å². The van der Waals surface area contributed by atoms with Crippen LogP contribution < -0.4 is 15.4 Å². The summed E-state index contributed by atoms with van der Waals surface area (Å²) < 4.78 is 46.4. The van der Waals surface area contributed by atoms with Gasteiger partial charge in [-0.25, -0.2) is 8.78 Å². The molecular formula is C37H39ClF3N3O5. The number of carboxylic acid groups (broad SMARTS) is 1. The highest BCUT2D eigenvalue weighted by atomic mass is 35.5. The first-order chi connectivity index (χ1) is 23.6. The second-order valence-corrected chi connectivity index (χ2v) is 12.7. The fourth-order valence-corrected chi connectivity index (χ4v) is 6.61. The number of carbonyl (C=O) groups excluding carboxylic acids is 2. The van der Waals surface area contributed by atoms with E-state index in [1.807, 2.05) is 48.5 Å². The Hall–Kier alpha value is -4.35. The van der Waals surface area contributed by atoms with E-state index in [-0.39, 0.29) is 43.7 Å². The predicted molar refractivity (Wildman–Crippen MR) is 180 cm³/mol. The lowest BCUT2D eigenvalue weighted by Gasteiger charge is -2.44. The molecule has 260 valence electrons. The van der Waals surface area contributed by atoms with Gasteiger partial charge in [-0.3, -0.25) is 14.4 Å². The van der Waals surface area contributed by atoms with Crippen molar-refractivity contribution in [2.45, 2.75) is 63.5 Å². The molecule has 2 amide bonds. The van der Waals surface area contributed by atoms with Crippen molar-refractivity contribution < 1.29 is 37.4 Å². The molecule has 5 rings (SSSR count). The molecule has 1 fully saturated rings. The van der Waals surface area contributed by atoms with Gasteiger partial charge in [-0.05, 0) is 79.0 Å². The van der Waals surface area contributed by atoms with Crippen molar-refractivity contribution in [2.24, 2.45) is 0 Å². The van der Waals surface area contributed by atoms with Gasteiger partial charge in [0.05, 0.1) is 12.6 Å². The van der Waals surface area contributed by atoms with Crippen LogP contribution in [0.3, 0.4) is 0 Å². The average Bonchev–Trinajstić information content (AvgIpc) is 3.08. The van der Waals surface area contributed by atoms with Crippen LogP contribution in [0.5, 0.6) is 5.75 Å². The first-order valence-electron chi connectivity index (χ1n) is 16.5. The monoisotopic (exact) mass is 697 g/mol. The molecule has 0 spiro atoms. The molecule has 3 aromatic carbocycles. The van der Waals surface area contributed by atoms with E-state index in [1.165, 1.54) is 0 Å². The molecule has 12 heteroatoms. The molecule has 2 bridgehead atoms.